The number of amides is 2. The third-order valence-electron chi connectivity index (χ3n) is 6.55. The van der Waals surface area contributed by atoms with Crippen molar-refractivity contribution < 1.29 is 14.3 Å². The van der Waals surface area contributed by atoms with Gasteiger partial charge in [-0.05, 0) is 42.3 Å². The van der Waals surface area contributed by atoms with Gasteiger partial charge in [-0.15, -0.1) is 0 Å². The Balaban J connectivity index is 1.54. The molecule has 3 heterocycles. The summed E-state index contributed by atoms with van der Waals surface area (Å²) in [5.74, 6) is -0.540. The zero-order valence-corrected chi connectivity index (χ0v) is 20.3. The number of likely N-dealkylation sites (N-methyl/N-ethyl adjacent to an activating group) is 1. The Labute approximate surface area is 208 Å². The number of nitrogens with zero attached hydrogens (tertiary/aromatic N) is 3. The van der Waals surface area contributed by atoms with Crippen LogP contribution in [0.4, 0.5) is 5.69 Å². The summed E-state index contributed by atoms with van der Waals surface area (Å²) in [6, 6.07) is 11.0. The first-order valence-corrected chi connectivity index (χ1v) is 12.2. The van der Waals surface area contributed by atoms with E-state index in [-0.39, 0.29) is 30.0 Å². The molecule has 182 valence electrons. The van der Waals surface area contributed by atoms with Gasteiger partial charge in [0.15, 0.2) is 0 Å². The lowest BCUT2D eigenvalue weighted by molar-refractivity contribution is -0.119. The highest BCUT2D eigenvalue weighted by molar-refractivity contribution is 6.30. The van der Waals surface area contributed by atoms with E-state index < -0.39 is 5.91 Å². The van der Waals surface area contributed by atoms with Crippen molar-refractivity contribution in [3.63, 3.8) is 0 Å². The topological polar surface area (TPSA) is 83.9 Å². The van der Waals surface area contributed by atoms with Crippen molar-refractivity contribution >= 4 is 40.0 Å². The standard InChI is InChI=1S/C26H27ClN4O4/c1-2-31-22-12-18(14-29-7-9-35-10-8-29)11-20-24(22)30(16-23(31)32)15-21(25(20)33)26(34)28-13-17-3-5-19(27)6-4-17/h3-6,11-12,15H,2,7-10,13-14,16H2,1H3,(H,28,34). The minimum Gasteiger partial charge on any atom is -0.379 e. The van der Waals surface area contributed by atoms with Gasteiger partial charge < -0.3 is 19.5 Å². The molecular formula is C26H27ClN4O4. The van der Waals surface area contributed by atoms with Crippen LogP contribution < -0.4 is 15.6 Å². The molecule has 1 aromatic heterocycles. The van der Waals surface area contributed by atoms with Crippen molar-refractivity contribution in [1.29, 1.82) is 0 Å². The molecule has 2 aromatic carbocycles. The van der Waals surface area contributed by atoms with Gasteiger partial charge in [0.1, 0.15) is 12.1 Å². The number of nitrogens with one attached hydrogen (secondary N) is 1. The number of benzene rings is 2. The molecule has 2 amide bonds. The van der Waals surface area contributed by atoms with E-state index in [2.05, 4.69) is 10.2 Å². The van der Waals surface area contributed by atoms with Gasteiger partial charge in [0.25, 0.3) is 5.91 Å². The fourth-order valence-corrected chi connectivity index (χ4v) is 4.90. The zero-order chi connectivity index (χ0) is 24.5. The number of hydrogen-bond acceptors (Lipinski definition) is 5. The van der Waals surface area contributed by atoms with Crippen LogP contribution >= 0.6 is 11.6 Å². The Bertz CT molecular complexity index is 1350. The zero-order valence-electron chi connectivity index (χ0n) is 19.6. The number of pyridine rings is 1. The molecule has 8 nitrogen and oxygen atoms in total. The minimum atomic E-state index is -0.471. The summed E-state index contributed by atoms with van der Waals surface area (Å²) in [5.41, 5.74) is 2.91. The average Bonchev–Trinajstić information content (AvgIpc) is 2.86. The van der Waals surface area contributed by atoms with E-state index in [0.29, 0.717) is 42.2 Å². The van der Waals surface area contributed by atoms with Crippen LogP contribution in [0.3, 0.4) is 0 Å². The largest absolute Gasteiger partial charge is 0.379 e. The van der Waals surface area contributed by atoms with E-state index in [1.54, 1.807) is 21.6 Å². The molecule has 1 saturated heterocycles. The first kappa shape index (κ1) is 23.5. The van der Waals surface area contributed by atoms with Gasteiger partial charge in [-0.1, -0.05) is 23.7 Å². The van der Waals surface area contributed by atoms with Gasteiger partial charge in [-0.25, -0.2) is 0 Å². The van der Waals surface area contributed by atoms with E-state index in [4.69, 9.17) is 16.3 Å². The monoisotopic (exact) mass is 494 g/mol. The number of hydrogen-bond donors (Lipinski definition) is 1. The van der Waals surface area contributed by atoms with Crippen molar-refractivity contribution in [3.05, 3.63) is 74.5 Å². The normalized spacial score (nSPS) is 16.1. The minimum absolute atomic E-state index is 0.0266. The van der Waals surface area contributed by atoms with E-state index in [0.717, 1.165) is 29.9 Å². The average molecular weight is 495 g/mol. The second-order valence-corrected chi connectivity index (χ2v) is 9.28. The van der Waals surface area contributed by atoms with Gasteiger partial charge in [-0.3, -0.25) is 19.3 Å². The Morgan fingerprint density at radius 1 is 1.09 bits per heavy atom. The van der Waals surface area contributed by atoms with Crippen LogP contribution in [0, 0.1) is 0 Å². The Morgan fingerprint density at radius 2 is 1.83 bits per heavy atom. The van der Waals surface area contributed by atoms with Crippen molar-refractivity contribution in [2.45, 2.75) is 26.6 Å². The number of halogens is 1. The smallest absolute Gasteiger partial charge is 0.257 e. The molecule has 2 aliphatic heterocycles. The Kier molecular flexibility index (Phi) is 6.60. The lowest BCUT2D eigenvalue weighted by Gasteiger charge is -2.31. The second kappa shape index (κ2) is 9.81. The molecule has 5 rings (SSSR count). The summed E-state index contributed by atoms with van der Waals surface area (Å²) in [4.78, 5) is 43.5. The molecule has 0 unspecified atom stereocenters. The van der Waals surface area contributed by atoms with Crippen LogP contribution in [0.1, 0.15) is 28.4 Å². The van der Waals surface area contributed by atoms with Gasteiger partial charge in [0.05, 0.1) is 24.4 Å². The van der Waals surface area contributed by atoms with Gasteiger partial charge >= 0.3 is 0 Å². The number of morpholine rings is 1. The van der Waals surface area contributed by atoms with Crippen LogP contribution in [-0.4, -0.2) is 54.1 Å². The highest BCUT2D eigenvalue weighted by Gasteiger charge is 2.28. The number of carbonyl (C=O) groups excluding carboxylic acids is 2. The summed E-state index contributed by atoms with van der Waals surface area (Å²) in [6.45, 7) is 6.37. The maximum Gasteiger partial charge on any atom is 0.257 e. The summed E-state index contributed by atoms with van der Waals surface area (Å²) < 4.78 is 7.18. The predicted molar refractivity (Wildman–Crippen MR) is 135 cm³/mol. The summed E-state index contributed by atoms with van der Waals surface area (Å²) in [7, 11) is 0. The Morgan fingerprint density at radius 3 is 2.54 bits per heavy atom. The molecule has 0 radical (unpaired) electrons. The molecule has 1 N–H and O–H groups in total. The number of aromatic nitrogens is 1. The first-order chi connectivity index (χ1) is 16.9. The number of ether oxygens (including phenoxy) is 1. The molecule has 35 heavy (non-hydrogen) atoms. The van der Waals surface area contributed by atoms with Crippen LogP contribution in [-0.2, 0) is 29.2 Å². The summed E-state index contributed by atoms with van der Waals surface area (Å²) >= 11 is 5.93. The molecular weight excluding hydrogens is 468 g/mol. The third kappa shape index (κ3) is 4.69. The first-order valence-electron chi connectivity index (χ1n) is 11.8. The van der Waals surface area contributed by atoms with Gasteiger partial charge in [0, 0.05) is 49.3 Å². The highest BCUT2D eigenvalue weighted by Crippen LogP contribution is 2.32. The van der Waals surface area contributed by atoms with Gasteiger partial charge in [-0.2, -0.15) is 0 Å². The van der Waals surface area contributed by atoms with E-state index >= 15 is 0 Å². The Hall–Kier alpha value is -3.20. The molecule has 3 aromatic rings. The lowest BCUT2D eigenvalue weighted by atomic mass is 10.0. The number of rotatable bonds is 6. The molecule has 2 aliphatic rings. The van der Waals surface area contributed by atoms with Crippen molar-refractivity contribution in [1.82, 2.24) is 14.8 Å². The van der Waals surface area contributed by atoms with Crippen LogP contribution in [0.25, 0.3) is 10.9 Å². The third-order valence-corrected chi connectivity index (χ3v) is 6.80. The van der Waals surface area contributed by atoms with Crippen LogP contribution in [0.15, 0.2) is 47.4 Å². The highest BCUT2D eigenvalue weighted by atomic mass is 35.5. The molecule has 1 fully saturated rings. The maximum absolute atomic E-state index is 13.6. The molecule has 0 saturated carbocycles. The number of carbonyl (C=O) groups is 2. The fraction of sp³-hybridized carbons (Fsp3) is 0.346. The lowest BCUT2D eigenvalue weighted by Crippen LogP contribution is -2.40. The second-order valence-electron chi connectivity index (χ2n) is 8.85. The molecule has 0 spiro atoms. The maximum atomic E-state index is 13.6. The molecule has 9 heteroatoms. The molecule has 0 aliphatic carbocycles. The number of anilines is 1. The van der Waals surface area contributed by atoms with Crippen LogP contribution in [0.5, 0.6) is 0 Å². The van der Waals surface area contributed by atoms with Crippen molar-refractivity contribution in [3.8, 4) is 0 Å². The summed E-state index contributed by atoms with van der Waals surface area (Å²) in [5, 5.41) is 3.89. The van der Waals surface area contributed by atoms with E-state index in [9.17, 15) is 14.4 Å². The van der Waals surface area contributed by atoms with Crippen molar-refractivity contribution in [2.75, 3.05) is 37.7 Å². The molecule has 0 atom stereocenters. The van der Waals surface area contributed by atoms with Crippen molar-refractivity contribution in [2.24, 2.45) is 0 Å². The SMILES string of the molecule is CCN1C(=O)Cn2cc(C(=O)NCc3ccc(Cl)cc3)c(=O)c3cc(CN4CCOCC4)cc1c32. The summed E-state index contributed by atoms with van der Waals surface area (Å²) in [6.07, 6.45) is 1.51. The fourth-order valence-electron chi connectivity index (χ4n) is 4.77. The molecule has 0 bridgehead atoms. The van der Waals surface area contributed by atoms with Crippen LogP contribution in [0.2, 0.25) is 5.02 Å². The van der Waals surface area contributed by atoms with E-state index in [1.165, 1.54) is 6.20 Å². The van der Waals surface area contributed by atoms with E-state index in [1.807, 2.05) is 31.2 Å². The van der Waals surface area contributed by atoms with Gasteiger partial charge in [0.2, 0.25) is 11.3 Å². The quantitative estimate of drug-likeness (QED) is 0.569. The predicted octanol–water partition coefficient (Wildman–Crippen LogP) is 2.78.